The Morgan fingerprint density at radius 1 is 0.309 bits per heavy atom. The molecule has 0 N–H and O–H groups in total. The van der Waals surface area contributed by atoms with Crippen molar-refractivity contribution in [2.45, 2.75) is 0 Å². The van der Waals surface area contributed by atoms with Crippen LogP contribution in [0.2, 0.25) is 0 Å². The smallest absolute Gasteiger partial charge is 0.139 e. The van der Waals surface area contributed by atoms with Crippen molar-refractivity contribution < 1.29 is 8.83 Å². The van der Waals surface area contributed by atoms with Crippen molar-refractivity contribution in [3.8, 4) is 39.3 Å². The summed E-state index contributed by atoms with van der Waals surface area (Å²) >= 11 is 0. The lowest BCUT2D eigenvalue weighted by Gasteiger charge is -2.18. The molecule has 0 radical (unpaired) electrons. The zero-order valence-electron chi connectivity index (χ0n) is 29.7. The Morgan fingerprint density at radius 2 is 0.873 bits per heavy atom. The summed E-state index contributed by atoms with van der Waals surface area (Å²) in [4.78, 5) is 0. The largest absolute Gasteiger partial charge is 0.456 e. The van der Waals surface area contributed by atoms with Crippen molar-refractivity contribution in [3.63, 3.8) is 0 Å². The molecule has 12 rings (SSSR count). The molecule has 0 aliphatic heterocycles. The second-order valence-electron chi connectivity index (χ2n) is 14.4. The fraction of sp³-hybridized carbons (Fsp3) is 0. The molecule has 55 heavy (non-hydrogen) atoms. The van der Waals surface area contributed by atoms with E-state index < -0.39 is 0 Å². The fourth-order valence-electron chi connectivity index (χ4n) is 8.94. The van der Waals surface area contributed by atoms with Crippen LogP contribution in [0, 0.1) is 0 Å². The van der Waals surface area contributed by atoms with E-state index in [4.69, 9.17) is 8.83 Å². The highest BCUT2D eigenvalue weighted by Gasteiger charge is 2.20. The SMILES string of the molecule is c1ccc(-c2cc3cc4c(cc3o2)oc2ccc(-c3c5ccccc5c(-c5ccc6c7ccccc7n(-c7ccccc7)c6c5)c5ccccc35)cc24)cc1. The van der Waals surface area contributed by atoms with Gasteiger partial charge in [0.05, 0.1) is 11.0 Å². The van der Waals surface area contributed by atoms with Crippen molar-refractivity contribution in [1.82, 2.24) is 4.57 Å². The number of rotatable bonds is 4. The van der Waals surface area contributed by atoms with Crippen LogP contribution in [0.5, 0.6) is 0 Å². The Balaban J connectivity index is 1.09. The molecule has 0 atom stereocenters. The molecule has 9 aromatic carbocycles. The lowest BCUT2D eigenvalue weighted by Crippen LogP contribution is -1.94. The number of furan rings is 2. The molecule has 3 heteroatoms. The number of hydrogen-bond donors (Lipinski definition) is 0. The molecule has 3 heterocycles. The molecule has 0 bridgehead atoms. The first-order valence-corrected chi connectivity index (χ1v) is 18.7. The van der Waals surface area contributed by atoms with Crippen LogP contribution in [0.4, 0.5) is 0 Å². The van der Waals surface area contributed by atoms with Gasteiger partial charge in [-0.05, 0) is 92.3 Å². The monoisotopic (exact) mass is 701 g/mol. The van der Waals surface area contributed by atoms with Crippen LogP contribution < -0.4 is 0 Å². The van der Waals surface area contributed by atoms with Gasteiger partial charge in [-0.15, -0.1) is 0 Å². The maximum atomic E-state index is 6.45. The van der Waals surface area contributed by atoms with E-state index in [0.29, 0.717) is 0 Å². The molecular weight excluding hydrogens is 671 g/mol. The molecule has 12 aromatic rings. The summed E-state index contributed by atoms with van der Waals surface area (Å²) in [7, 11) is 0. The van der Waals surface area contributed by atoms with E-state index in [1.165, 1.54) is 60.0 Å². The van der Waals surface area contributed by atoms with Gasteiger partial charge in [0.2, 0.25) is 0 Å². The summed E-state index contributed by atoms with van der Waals surface area (Å²) < 4.78 is 15.2. The lowest BCUT2D eigenvalue weighted by atomic mass is 9.85. The van der Waals surface area contributed by atoms with Gasteiger partial charge >= 0.3 is 0 Å². The standard InChI is InChI=1S/C52H31NO2/c1-3-13-32(14-4-1)48-30-35-28-44-43-27-33(24-26-47(43)54-50(44)31-49(35)55-48)51-39-18-7-9-20-41(39)52(42-21-10-8-19-40(42)51)34-23-25-38-37-17-11-12-22-45(37)53(46(38)29-34)36-15-5-2-6-16-36/h1-31H. The van der Waals surface area contributed by atoms with Crippen LogP contribution in [0.3, 0.4) is 0 Å². The normalized spacial score (nSPS) is 12.0. The molecule has 0 aliphatic carbocycles. The van der Waals surface area contributed by atoms with E-state index >= 15 is 0 Å². The summed E-state index contributed by atoms with van der Waals surface area (Å²) in [5, 5.41) is 10.6. The minimum Gasteiger partial charge on any atom is -0.456 e. The molecule has 0 saturated heterocycles. The van der Waals surface area contributed by atoms with Crippen molar-refractivity contribution in [3.05, 3.63) is 188 Å². The van der Waals surface area contributed by atoms with Crippen molar-refractivity contribution >= 4 is 76.3 Å². The van der Waals surface area contributed by atoms with Crippen LogP contribution in [-0.2, 0) is 0 Å². The average molecular weight is 702 g/mol. The number of hydrogen-bond acceptors (Lipinski definition) is 2. The predicted molar refractivity (Wildman–Crippen MR) is 229 cm³/mol. The molecular formula is C52H31NO2. The Kier molecular flexibility index (Phi) is 6.34. The maximum absolute atomic E-state index is 6.45. The van der Waals surface area contributed by atoms with Gasteiger partial charge in [0, 0.05) is 44.2 Å². The third kappa shape index (κ3) is 4.50. The third-order valence-electron chi connectivity index (χ3n) is 11.4. The van der Waals surface area contributed by atoms with Gasteiger partial charge in [-0.3, -0.25) is 0 Å². The van der Waals surface area contributed by atoms with Crippen LogP contribution in [-0.4, -0.2) is 4.57 Å². The van der Waals surface area contributed by atoms with E-state index in [9.17, 15) is 0 Å². The number of fused-ring (bicyclic) bond motifs is 9. The summed E-state index contributed by atoms with van der Waals surface area (Å²) in [5.41, 5.74) is 11.9. The van der Waals surface area contributed by atoms with Crippen molar-refractivity contribution in [2.24, 2.45) is 0 Å². The maximum Gasteiger partial charge on any atom is 0.139 e. The molecule has 0 spiro atoms. The average Bonchev–Trinajstić information content (AvgIpc) is 3.93. The first-order chi connectivity index (χ1) is 27.3. The molecule has 0 fully saturated rings. The van der Waals surface area contributed by atoms with Crippen LogP contribution in [0.1, 0.15) is 0 Å². The molecule has 0 saturated carbocycles. The minimum atomic E-state index is 0.820. The Bertz CT molecular complexity index is 3420. The second-order valence-corrected chi connectivity index (χ2v) is 14.4. The fourth-order valence-corrected chi connectivity index (χ4v) is 8.94. The lowest BCUT2D eigenvalue weighted by molar-refractivity contribution is 0.628. The highest BCUT2D eigenvalue weighted by Crippen LogP contribution is 2.46. The van der Waals surface area contributed by atoms with Gasteiger partial charge in [-0.1, -0.05) is 133 Å². The first kappa shape index (κ1) is 30.1. The van der Waals surface area contributed by atoms with Crippen LogP contribution in [0.15, 0.2) is 197 Å². The van der Waals surface area contributed by atoms with E-state index in [2.05, 4.69) is 168 Å². The van der Waals surface area contributed by atoms with Gasteiger partial charge in [-0.2, -0.15) is 0 Å². The zero-order valence-corrected chi connectivity index (χ0v) is 29.7. The molecule has 0 aliphatic rings. The molecule has 0 amide bonds. The molecule has 0 unspecified atom stereocenters. The Labute approximate surface area is 315 Å². The van der Waals surface area contributed by atoms with E-state index in [0.717, 1.165) is 55.5 Å². The van der Waals surface area contributed by atoms with E-state index in [1.807, 2.05) is 24.3 Å². The van der Waals surface area contributed by atoms with Gasteiger partial charge in [0.1, 0.15) is 22.5 Å². The Morgan fingerprint density at radius 3 is 1.58 bits per heavy atom. The Hall–Kier alpha value is -7.36. The number of para-hydroxylation sites is 2. The van der Waals surface area contributed by atoms with Gasteiger partial charge in [0.25, 0.3) is 0 Å². The molecule has 3 nitrogen and oxygen atoms in total. The molecule has 3 aromatic heterocycles. The zero-order chi connectivity index (χ0) is 36.0. The quantitative estimate of drug-likeness (QED) is 0.171. The summed E-state index contributed by atoms with van der Waals surface area (Å²) in [5.74, 6) is 0.854. The van der Waals surface area contributed by atoms with Crippen LogP contribution in [0.25, 0.3) is 116 Å². The van der Waals surface area contributed by atoms with E-state index in [1.54, 1.807) is 0 Å². The molecule has 256 valence electrons. The summed E-state index contributed by atoms with van der Waals surface area (Å²) in [6, 6.07) is 67.4. The van der Waals surface area contributed by atoms with Gasteiger partial charge in [-0.25, -0.2) is 0 Å². The van der Waals surface area contributed by atoms with Gasteiger partial charge in [0.15, 0.2) is 0 Å². The third-order valence-corrected chi connectivity index (χ3v) is 11.4. The minimum absolute atomic E-state index is 0.820. The number of nitrogens with zero attached hydrogens (tertiary/aromatic N) is 1. The van der Waals surface area contributed by atoms with Crippen LogP contribution >= 0.6 is 0 Å². The first-order valence-electron chi connectivity index (χ1n) is 18.7. The highest BCUT2D eigenvalue weighted by atomic mass is 16.3. The van der Waals surface area contributed by atoms with Crippen molar-refractivity contribution in [1.29, 1.82) is 0 Å². The summed E-state index contributed by atoms with van der Waals surface area (Å²) in [6.07, 6.45) is 0. The number of aromatic nitrogens is 1. The highest BCUT2D eigenvalue weighted by molar-refractivity contribution is 6.23. The van der Waals surface area contributed by atoms with Gasteiger partial charge < -0.3 is 13.4 Å². The predicted octanol–water partition coefficient (Wildman–Crippen LogP) is 14.7. The summed E-state index contributed by atoms with van der Waals surface area (Å²) in [6.45, 7) is 0. The van der Waals surface area contributed by atoms with Crippen molar-refractivity contribution in [2.75, 3.05) is 0 Å². The van der Waals surface area contributed by atoms with E-state index in [-0.39, 0.29) is 0 Å². The second kappa shape index (κ2) is 11.6. The topological polar surface area (TPSA) is 31.2 Å². The number of benzene rings is 9.